The zero-order valence-electron chi connectivity index (χ0n) is 18.0. The quantitative estimate of drug-likeness (QED) is 0.728. The van der Waals surface area contributed by atoms with Crippen molar-refractivity contribution in [1.82, 2.24) is 30.8 Å². The average molecular weight is 415 g/mol. The summed E-state index contributed by atoms with van der Waals surface area (Å²) in [4.78, 5) is 28.2. The summed E-state index contributed by atoms with van der Waals surface area (Å²) in [5.41, 5.74) is 1.34. The highest BCUT2D eigenvalue weighted by atomic mass is 16.6. The zero-order valence-corrected chi connectivity index (χ0v) is 18.0. The normalized spacial score (nSPS) is 16.8. The van der Waals surface area contributed by atoms with Crippen molar-refractivity contribution < 1.29 is 14.3 Å². The smallest absolute Gasteiger partial charge is 0.408 e. The Bertz CT molecular complexity index is 906. The third-order valence-corrected chi connectivity index (χ3v) is 4.77. The molecule has 1 aromatic carbocycles. The van der Waals surface area contributed by atoms with Gasteiger partial charge in [-0.1, -0.05) is 18.2 Å². The lowest BCUT2D eigenvalue weighted by molar-refractivity contribution is -0.118. The Labute approximate surface area is 176 Å². The van der Waals surface area contributed by atoms with Gasteiger partial charge in [0.1, 0.15) is 12.1 Å². The number of aryl methyl sites for hydroxylation is 1. The van der Waals surface area contributed by atoms with Gasteiger partial charge >= 0.3 is 6.09 Å². The molecule has 0 bridgehead atoms. The second kappa shape index (κ2) is 8.78. The number of para-hydroxylation sites is 1. The van der Waals surface area contributed by atoms with Crippen LogP contribution < -0.4 is 15.5 Å². The van der Waals surface area contributed by atoms with E-state index in [9.17, 15) is 9.59 Å². The van der Waals surface area contributed by atoms with Crippen LogP contribution in [0.2, 0.25) is 0 Å². The molecule has 10 nitrogen and oxygen atoms in total. The molecule has 0 spiro atoms. The highest BCUT2D eigenvalue weighted by Crippen LogP contribution is 2.33. The van der Waals surface area contributed by atoms with E-state index in [2.05, 4.69) is 26.0 Å². The Morgan fingerprint density at radius 2 is 2.03 bits per heavy atom. The van der Waals surface area contributed by atoms with Crippen LogP contribution in [0.15, 0.2) is 24.3 Å². The van der Waals surface area contributed by atoms with Gasteiger partial charge in [-0.15, -0.1) is 10.2 Å². The number of benzene rings is 1. The maximum absolute atomic E-state index is 13.1. The lowest BCUT2D eigenvalue weighted by atomic mass is 10.0. The van der Waals surface area contributed by atoms with Crippen molar-refractivity contribution in [2.24, 2.45) is 7.05 Å². The van der Waals surface area contributed by atoms with E-state index in [1.165, 1.54) is 4.80 Å². The SMILES string of the molecule is CC(NCc1nnn(C)n1)C1Cc2ccccc2N1C(=O)CNC(=O)OC(C)(C)C. The molecule has 0 aliphatic carbocycles. The number of tetrazole rings is 1. The van der Waals surface area contributed by atoms with Crippen LogP contribution in [0.5, 0.6) is 0 Å². The van der Waals surface area contributed by atoms with E-state index in [1.807, 2.05) is 31.2 Å². The predicted octanol–water partition coefficient (Wildman–Crippen LogP) is 1.17. The van der Waals surface area contributed by atoms with Crippen molar-refractivity contribution in [3.8, 4) is 0 Å². The number of nitrogens with one attached hydrogen (secondary N) is 2. The molecule has 1 aliphatic heterocycles. The third-order valence-electron chi connectivity index (χ3n) is 4.77. The fraction of sp³-hybridized carbons (Fsp3) is 0.550. The fourth-order valence-corrected chi connectivity index (χ4v) is 3.46. The van der Waals surface area contributed by atoms with Gasteiger partial charge in [-0.3, -0.25) is 4.79 Å². The molecular weight excluding hydrogens is 386 g/mol. The summed E-state index contributed by atoms with van der Waals surface area (Å²) >= 11 is 0. The molecule has 30 heavy (non-hydrogen) atoms. The molecule has 2 N–H and O–H groups in total. The lowest BCUT2D eigenvalue weighted by Gasteiger charge is -2.31. The third kappa shape index (κ3) is 5.32. The molecule has 1 aromatic heterocycles. The summed E-state index contributed by atoms with van der Waals surface area (Å²) in [6.07, 6.45) is 0.107. The van der Waals surface area contributed by atoms with E-state index in [4.69, 9.17) is 4.74 Å². The Kier molecular flexibility index (Phi) is 6.35. The number of hydrogen-bond acceptors (Lipinski definition) is 7. The molecule has 2 heterocycles. The maximum Gasteiger partial charge on any atom is 0.408 e. The fourth-order valence-electron chi connectivity index (χ4n) is 3.46. The van der Waals surface area contributed by atoms with Gasteiger partial charge < -0.3 is 20.3 Å². The Balaban J connectivity index is 1.68. The van der Waals surface area contributed by atoms with Gasteiger partial charge in [0.05, 0.1) is 19.6 Å². The number of carbonyl (C=O) groups excluding carboxylic acids is 2. The summed E-state index contributed by atoms with van der Waals surface area (Å²) in [7, 11) is 1.71. The molecule has 0 fully saturated rings. The molecule has 1 aliphatic rings. The van der Waals surface area contributed by atoms with Gasteiger partial charge in [-0.05, 0) is 51.0 Å². The van der Waals surface area contributed by atoms with Crippen LogP contribution in [0, 0.1) is 0 Å². The minimum atomic E-state index is -0.622. The first kappa shape index (κ1) is 21.7. The molecule has 2 atom stereocenters. The predicted molar refractivity (Wildman–Crippen MR) is 111 cm³/mol. The summed E-state index contributed by atoms with van der Waals surface area (Å²) in [5, 5.41) is 17.9. The minimum absolute atomic E-state index is 0.0355. The van der Waals surface area contributed by atoms with Gasteiger partial charge in [0, 0.05) is 11.7 Å². The second-order valence-electron chi connectivity index (χ2n) is 8.38. The molecule has 2 amide bonds. The monoisotopic (exact) mass is 415 g/mol. The van der Waals surface area contributed by atoms with Crippen LogP contribution in [-0.2, 0) is 29.5 Å². The van der Waals surface area contributed by atoms with Crippen molar-refractivity contribution in [3.05, 3.63) is 35.7 Å². The highest BCUT2D eigenvalue weighted by molar-refractivity contribution is 5.98. The Morgan fingerprint density at radius 1 is 1.30 bits per heavy atom. The van der Waals surface area contributed by atoms with Crippen molar-refractivity contribution in [2.45, 2.75) is 58.3 Å². The number of rotatable bonds is 6. The van der Waals surface area contributed by atoms with E-state index in [-0.39, 0.29) is 24.5 Å². The lowest BCUT2D eigenvalue weighted by Crippen LogP contribution is -2.52. The van der Waals surface area contributed by atoms with Gasteiger partial charge in [0.25, 0.3) is 0 Å². The van der Waals surface area contributed by atoms with Crippen LogP contribution in [0.3, 0.4) is 0 Å². The second-order valence-corrected chi connectivity index (χ2v) is 8.38. The number of nitrogens with zero attached hydrogens (tertiary/aromatic N) is 5. The van der Waals surface area contributed by atoms with E-state index in [0.717, 1.165) is 17.7 Å². The van der Waals surface area contributed by atoms with E-state index in [1.54, 1.807) is 32.7 Å². The van der Waals surface area contributed by atoms with Crippen molar-refractivity contribution in [2.75, 3.05) is 11.4 Å². The number of fused-ring (bicyclic) bond motifs is 1. The molecule has 3 rings (SSSR count). The van der Waals surface area contributed by atoms with Gasteiger partial charge in [-0.25, -0.2) is 4.79 Å². The topological polar surface area (TPSA) is 114 Å². The molecule has 10 heteroatoms. The summed E-state index contributed by atoms with van der Waals surface area (Å²) in [6.45, 7) is 7.66. The van der Waals surface area contributed by atoms with E-state index in [0.29, 0.717) is 12.4 Å². The molecule has 2 unspecified atom stereocenters. The molecule has 0 radical (unpaired) electrons. The van der Waals surface area contributed by atoms with Gasteiger partial charge in [-0.2, -0.15) is 4.80 Å². The molecule has 162 valence electrons. The largest absolute Gasteiger partial charge is 0.444 e. The van der Waals surface area contributed by atoms with E-state index < -0.39 is 11.7 Å². The van der Waals surface area contributed by atoms with Crippen LogP contribution in [0.4, 0.5) is 10.5 Å². The van der Waals surface area contributed by atoms with Crippen molar-refractivity contribution in [3.63, 3.8) is 0 Å². The van der Waals surface area contributed by atoms with Crippen molar-refractivity contribution >= 4 is 17.7 Å². The first-order chi connectivity index (χ1) is 14.1. The van der Waals surface area contributed by atoms with Crippen LogP contribution >= 0.6 is 0 Å². The summed E-state index contributed by atoms with van der Waals surface area (Å²) in [5.74, 6) is 0.395. The minimum Gasteiger partial charge on any atom is -0.444 e. The number of hydrogen-bond donors (Lipinski definition) is 2. The van der Waals surface area contributed by atoms with Gasteiger partial charge in [0.2, 0.25) is 5.91 Å². The number of aromatic nitrogens is 4. The first-order valence-corrected chi connectivity index (χ1v) is 9.97. The van der Waals surface area contributed by atoms with Gasteiger partial charge in [0.15, 0.2) is 5.82 Å². The summed E-state index contributed by atoms with van der Waals surface area (Å²) in [6, 6.07) is 7.68. The maximum atomic E-state index is 13.1. The standard InChI is InChI=1S/C20H29N7O3/c1-13(21-11-17-23-25-26(5)24-17)16-10-14-8-6-7-9-15(14)27(16)18(28)12-22-19(29)30-20(2,3)4/h6-9,13,16,21H,10-12H2,1-5H3,(H,22,29). The van der Waals surface area contributed by atoms with E-state index >= 15 is 0 Å². The number of carbonyl (C=O) groups is 2. The number of anilines is 1. The number of alkyl carbamates (subject to hydrolysis) is 1. The molecule has 0 saturated carbocycles. The Hall–Kier alpha value is -3.01. The molecule has 2 aromatic rings. The average Bonchev–Trinajstić information content (AvgIpc) is 3.26. The van der Waals surface area contributed by atoms with Crippen molar-refractivity contribution in [1.29, 1.82) is 0 Å². The first-order valence-electron chi connectivity index (χ1n) is 9.97. The Morgan fingerprint density at radius 3 is 2.70 bits per heavy atom. The summed E-state index contributed by atoms with van der Waals surface area (Å²) < 4.78 is 5.23. The molecule has 0 saturated heterocycles. The van der Waals surface area contributed by atoms with Crippen LogP contribution in [0.1, 0.15) is 39.1 Å². The van der Waals surface area contributed by atoms with Crippen LogP contribution in [0.25, 0.3) is 0 Å². The number of amides is 2. The highest BCUT2D eigenvalue weighted by Gasteiger charge is 2.36. The molecular formula is C20H29N7O3. The van der Waals surface area contributed by atoms with Crippen LogP contribution in [-0.4, -0.2) is 56.4 Å². The number of ether oxygens (including phenoxy) is 1. The zero-order chi connectivity index (χ0) is 21.9.